The number of carbonyl (C=O) groups excluding carboxylic acids is 1. The predicted octanol–water partition coefficient (Wildman–Crippen LogP) is 7.31. The fourth-order valence-electron chi connectivity index (χ4n) is 5.77. The summed E-state index contributed by atoms with van der Waals surface area (Å²) in [5.41, 5.74) is 6.26. The maximum Gasteiger partial charge on any atom is 0.255 e. The number of aromatic nitrogens is 1. The predicted molar refractivity (Wildman–Crippen MR) is 158 cm³/mol. The maximum absolute atomic E-state index is 13.5. The highest BCUT2D eigenvalue weighted by molar-refractivity contribution is 7.16. The average Bonchev–Trinajstić information content (AvgIpc) is 3.71. The molecule has 4 aromatic rings. The van der Waals surface area contributed by atoms with E-state index in [0.717, 1.165) is 69.7 Å². The molecule has 0 unspecified atom stereocenters. The van der Waals surface area contributed by atoms with Gasteiger partial charge in [-0.1, -0.05) is 20.8 Å². The standard InChI is InChI=1S/C32H35N3O4S/c1-19-13-21(20(2)35(19)23-9-11-26-27(15-23)39-18-38-26)16-34-31-29(30(36)33-17-24-7-6-12-37-24)25-10-8-22(32(3,4)5)14-28(25)40-31/h6-7,9,11-13,15-16,22H,8,10,14,17-18H2,1-5H3,(H,33,36)/t22-/m0/s1. The van der Waals surface area contributed by atoms with Crippen LogP contribution in [-0.4, -0.2) is 23.5 Å². The number of nitrogens with zero attached hydrogens (tertiary/aromatic N) is 2. The Bertz CT molecular complexity index is 1590. The van der Waals surface area contributed by atoms with E-state index in [1.54, 1.807) is 17.6 Å². The normalized spacial score (nSPS) is 16.5. The number of thiophene rings is 1. The second-order valence-corrected chi connectivity index (χ2v) is 12.8. The molecular formula is C32H35N3O4S. The monoisotopic (exact) mass is 557 g/mol. The van der Waals surface area contributed by atoms with Gasteiger partial charge in [-0.2, -0.15) is 0 Å². The van der Waals surface area contributed by atoms with Crippen LogP contribution in [0.4, 0.5) is 5.00 Å². The Hall–Kier alpha value is -3.78. The molecule has 1 N–H and O–H groups in total. The van der Waals surface area contributed by atoms with Crippen molar-refractivity contribution >= 4 is 28.5 Å². The van der Waals surface area contributed by atoms with E-state index in [4.69, 9.17) is 18.9 Å². The number of rotatable bonds is 6. The molecule has 7 nitrogen and oxygen atoms in total. The molecule has 3 aromatic heterocycles. The number of aliphatic imine (C=N–C) groups is 1. The first-order chi connectivity index (χ1) is 19.2. The lowest BCUT2D eigenvalue weighted by Crippen LogP contribution is -2.28. The highest BCUT2D eigenvalue weighted by Crippen LogP contribution is 2.45. The van der Waals surface area contributed by atoms with Crippen molar-refractivity contribution in [2.75, 3.05) is 6.79 Å². The zero-order chi connectivity index (χ0) is 28.0. The van der Waals surface area contributed by atoms with E-state index in [1.165, 1.54) is 4.88 Å². The number of hydrogen-bond acceptors (Lipinski definition) is 6. The molecule has 1 atom stereocenters. The summed E-state index contributed by atoms with van der Waals surface area (Å²) < 4.78 is 18.7. The van der Waals surface area contributed by atoms with Crippen molar-refractivity contribution in [2.45, 2.75) is 60.4 Å². The molecule has 0 saturated carbocycles. The van der Waals surface area contributed by atoms with Crippen molar-refractivity contribution in [3.05, 3.63) is 81.4 Å². The third-order valence-corrected chi connectivity index (χ3v) is 9.27. The van der Waals surface area contributed by atoms with E-state index >= 15 is 0 Å². The Morgan fingerprint density at radius 1 is 1.18 bits per heavy atom. The molecule has 208 valence electrons. The highest BCUT2D eigenvalue weighted by Gasteiger charge is 2.33. The van der Waals surface area contributed by atoms with Crippen LogP contribution in [0.25, 0.3) is 5.69 Å². The van der Waals surface area contributed by atoms with E-state index < -0.39 is 0 Å². The molecule has 40 heavy (non-hydrogen) atoms. The molecule has 1 amide bonds. The van der Waals surface area contributed by atoms with Crippen LogP contribution in [0.2, 0.25) is 0 Å². The van der Waals surface area contributed by atoms with Crippen LogP contribution in [-0.2, 0) is 19.4 Å². The summed E-state index contributed by atoms with van der Waals surface area (Å²) in [4.78, 5) is 19.8. The van der Waals surface area contributed by atoms with Gasteiger partial charge in [0.2, 0.25) is 6.79 Å². The van der Waals surface area contributed by atoms with Gasteiger partial charge in [0.25, 0.3) is 5.91 Å². The first-order valence-electron chi connectivity index (χ1n) is 13.8. The first-order valence-corrected chi connectivity index (χ1v) is 14.6. The number of nitrogens with one attached hydrogen (secondary N) is 1. The molecule has 0 spiro atoms. The van der Waals surface area contributed by atoms with E-state index in [1.807, 2.05) is 36.5 Å². The number of amides is 1. The topological polar surface area (TPSA) is 78.0 Å². The van der Waals surface area contributed by atoms with E-state index in [2.05, 4.69) is 50.6 Å². The highest BCUT2D eigenvalue weighted by atomic mass is 32.1. The Morgan fingerprint density at radius 3 is 2.77 bits per heavy atom. The lowest BCUT2D eigenvalue weighted by Gasteiger charge is -2.33. The van der Waals surface area contributed by atoms with Crippen molar-refractivity contribution in [1.29, 1.82) is 0 Å². The van der Waals surface area contributed by atoms with E-state index in [9.17, 15) is 4.79 Å². The second-order valence-electron chi connectivity index (χ2n) is 11.7. The van der Waals surface area contributed by atoms with E-state index in [0.29, 0.717) is 18.0 Å². The Morgan fingerprint density at radius 2 is 2.00 bits per heavy atom. The van der Waals surface area contributed by atoms with Gasteiger partial charge in [-0.05, 0) is 80.3 Å². The van der Waals surface area contributed by atoms with Gasteiger partial charge in [-0.25, -0.2) is 4.99 Å². The van der Waals surface area contributed by atoms with Crippen LogP contribution >= 0.6 is 11.3 Å². The van der Waals surface area contributed by atoms with Crippen molar-refractivity contribution in [3.63, 3.8) is 0 Å². The summed E-state index contributed by atoms with van der Waals surface area (Å²) in [6.45, 7) is 11.7. The number of furan rings is 1. The summed E-state index contributed by atoms with van der Waals surface area (Å²) in [6.07, 6.45) is 6.47. The molecule has 0 fully saturated rings. The number of hydrogen-bond donors (Lipinski definition) is 1. The van der Waals surface area contributed by atoms with Gasteiger partial charge in [-0.15, -0.1) is 11.3 Å². The summed E-state index contributed by atoms with van der Waals surface area (Å²) in [5.74, 6) is 2.73. The zero-order valence-corrected chi connectivity index (χ0v) is 24.5. The van der Waals surface area contributed by atoms with Crippen LogP contribution in [0.3, 0.4) is 0 Å². The first kappa shape index (κ1) is 26.4. The third kappa shape index (κ3) is 4.96. The molecule has 1 aliphatic carbocycles. The van der Waals surface area contributed by atoms with Crippen LogP contribution in [0.5, 0.6) is 11.5 Å². The molecule has 6 rings (SSSR count). The maximum atomic E-state index is 13.5. The van der Waals surface area contributed by atoms with Crippen molar-refractivity contribution in [2.24, 2.45) is 16.3 Å². The van der Waals surface area contributed by atoms with Crippen molar-refractivity contribution in [1.82, 2.24) is 9.88 Å². The van der Waals surface area contributed by atoms with Gasteiger partial charge in [0, 0.05) is 39.8 Å². The molecule has 8 heteroatoms. The molecule has 2 aliphatic rings. The molecule has 0 saturated heterocycles. The third-order valence-electron chi connectivity index (χ3n) is 8.11. The van der Waals surface area contributed by atoms with Crippen LogP contribution in [0, 0.1) is 25.2 Å². The van der Waals surface area contributed by atoms with Gasteiger partial charge < -0.3 is 23.8 Å². The lowest BCUT2D eigenvalue weighted by molar-refractivity contribution is 0.0947. The fraction of sp³-hybridized carbons (Fsp3) is 0.375. The minimum absolute atomic E-state index is 0.0962. The molecule has 1 aromatic carbocycles. The number of ether oxygens (including phenoxy) is 2. The van der Waals surface area contributed by atoms with Crippen molar-refractivity contribution < 1.29 is 18.7 Å². The zero-order valence-electron chi connectivity index (χ0n) is 23.7. The van der Waals surface area contributed by atoms with Crippen LogP contribution < -0.4 is 14.8 Å². The van der Waals surface area contributed by atoms with Crippen LogP contribution in [0.15, 0.2) is 52.1 Å². The lowest BCUT2D eigenvalue weighted by atomic mass is 9.72. The second kappa shape index (κ2) is 10.3. The largest absolute Gasteiger partial charge is 0.467 e. The Labute approximate surface area is 238 Å². The van der Waals surface area contributed by atoms with Gasteiger partial charge in [0.1, 0.15) is 10.8 Å². The van der Waals surface area contributed by atoms with Crippen LogP contribution in [0.1, 0.15) is 70.7 Å². The number of benzene rings is 1. The Balaban J connectivity index is 1.33. The van der Waals surface area contributed by atoms with Gasteiger partial charge in [0.05, 0.1) is 18.4 Å². The summed E-state index contributed by atoms with van der Waals surface area (Å²) in [5, 5.41) is 3.83. The van der Waals surface area contributed by atoms with E-state index in [-0.39, 0.29) is 18.1 Å². The number of carbonyl (C=O) groups is 1. The SMILES string of the molecule is Cc1cc(C=Nc2sc3c(c2C(=O)NCc2ccco2)CC[C@H](C(C)(C)C)C3)c(C)n1-c1ccc2c(c1)OCO2. The average molecular weight is 558 g/mol. The summed E-state index contributed by atoms with van der Waals surface area (Å²) in [7, 11) is 0. The van der Waals surface area contributed by atoms with Gasteiger partial charge in [-0.3, -0.25) is 4.79 Å². The fourth-order valence-corrected chi connectivity index (χ4v) is 7.04. The number of fused-ring (bicyclic) bond motifs is 2. The molecular weight excluding hydrogens is 522 g/mol. The quantitative estimate of drug-likeness (QED) is 0.252. The van der Waals surface area contributed by atoms with Crippen molar-refractivity contribution in [3.8, 4) is 17.2 Å². The molecule has 1 aliphatic heterocycles. The Kier molecular flexibility index (Phi) is 6.82. The molecule has 4 heterocycles. The van der Waals surface area contributed by atoms with Gasteiger partial charge in [0.15, 0.2) is 11.5 Å². The van der Waals surface area contributed by atoms with Gasteiger partial charge >= 0.3 is 0 Å². The summed E-state index contributed by atoms with van der Waals surface area (Å²) in [6, 6.07) is 11.8. The number of aryl methyl sites for hydroxylation is 1. The smallest absolute Gasteiger partial charge is 0.255 e. The molecule has 0 radical (unpaired) electrons. The minimum Gasteiger partial charge on any atom is -0.467 e. The minimum atomic E-state index is -0.0962. The molecule has 0 bridgehead atoms. The summed E-state index contributed by atoms with van der Waals surface area (Å²) >= 11 is 1.66.